The number of piperazine rings is 1. The fourth-order valence-electron chi connectivity index (χ4n) is 5.47. The molecule has 0 unspecified atom stereocenters. The molecule has 3 aliphatic rings. The predicted molar refractivity (Wildman–Crippen MR) is 113 cm³/mol. The molecule has 0 aromatic carbocycles. The summed E-state index contributed by atoms with van der Waals surface area (Å²) >= 11 is 0. The van der Waals surface area contributed by atoms with Crippen molar-refractivity contribution in [3.05, 3.63) is 0 Å². The summed E-state index contributed by atoms with van der Waals surface area (Å²) in [4.78, 5) is 20.2. The summed E-state index contributed by atoms with van der Waals surface area (Å²) in [5.74, 6) is 3.42. The first-order valence-corrected chi connectivity index (χ1v) is 11.7. The van der Waals surface area contributed by atoms with Crippen LogP contribution >= 0.6 is 0 Å². The number of rotatable bonds is 5. The molecule has 4 nitrogen and oxygen atoms in total. The molecule has 27 heavy (non-hydrogen) atoms. The van der Waals surface area contributed by atoms with E-state index in [-0.39, 0.29) is 5.92 Å². The molecule has 156 valence electrons. The van der Waals surface area contributed by atoms with Gasteiger partial charge in [-0.05, 0) is 83.2 Å². The van der Waals surface area contributed by atoms with E-state index in [0.29, 0.717) is 11.9 Å². The van der Waals surface area contributed by atoms with E-state index >= 15 is 0 Å². The van der Waals surface area contributed by atoms with E-state index in [1.54, 1.807) is 0 Å². The van der Waals surface area contributed by atoms with E-state index in [1.165, 1.54) is 32.2 Å². The van der Waals surface area contributed by atoms with Crippen molar-refractivity contribution in [1.82, 2.24) is 14.7 Å². The van der Waals surface area contributed by atoms with Crippen LogP contribution in [0.1, 0.15) is 66.2 Å². The average Bonchev–Trinajstić information content (AvgIpc) is 2.68. The number of likely N-dealkylation sites (tertiary alicyclic amines) is 1. The van der Waals surface area contributed by atoms with Crippen molar-refractivity contribution in [3.8, 4) is 0 Å². The maximum absolute atomic E-state index is 12.9. The molecule has 1 amide bonds. The quantitative estimate of drug-likeness (QED) is 0.731. The Morgan fingerprint density at radius 1 is 0.815 bits per heavy atom. The number of amides is 1. The molecule has 2 heterocycles. The number of nitrogens with zero attached hydrogens (tertiary/aromatic N) is 3. The van der Waals surface area contributed by atoms with Crippen LogP contribution in [0.25, 0.3) is 0 Å². The van der Waals surface area contributed by atoms with Crippen molar-refractivity contribution < 1.29 is 4.79 Å². The van der Waals surface area contributed by atoms with Gasteiger partial charge in [0.25, 0.3) is 0 Å². The number of hydrogen-bond donors (Lipinski definition) is 0. The zero-order valence-electron chi connectivity index (χ0n) is 18.3. The van der Waals surface area contributed by atoms with E-state index in [0.717, 1.165) is 69.9 Å². The second-order valence-electron chi connectivity index (χ2n) is 10.1. The third-order valence-electron chi connectivity index (χ3n) is 7.64. The van der Waals surface area contributed by atoms with E-state index in [1.807, 2.05) is 0 Å². The summed E-state index contributed by atoms with van der Waals surface area (Å²) in [5, 5.41) is 0. The standard InChI is InChI=1S/C23H43N3O/c1-18(2)21-7-5-20(6-8-21)17-24-13-15-26(16-14-24)23(27)22-9-11-25(12-10-22)19(3)4/h18-22H,5-17H2,1-4H3. The number of carbonyl (C=O) groups excluding carboxylic acids is 1. The fraction of sp³-hybridized carbons (Fsp3) is 0.957. The minimum absolute atomic E-state index is 0.276. The van der Waals surface area contributed by atoms with Crippen molar-refractivity contribution in [2.24, 2.45) is 23.7 Å². The highest BCUT2D eigenvalue weighted by Crippen LogP contribution is 2.33. The van der Waals surface area contributed by atoms with Crippen LogP contribution in [0.3, 0.4) is 0 Å². The number of carbonyl (C=O) groups is 1. The second-order valence-corrected chi connectivity index (χ2v) is 10.1. The Kier molecular flexibility index (Phi) is 7.61. The van der Waals surface area contributed by atoms with Gasteiger partial charge in [-0.25, -0.2) is 0 Å². The monoisotopic (exact) mass is 377 g/mol. The molecule has 0 bridgehead atoms. The number of hydrogen-bond acceptors (Lipinski definition) is 3. The van der Waals surface area contributed by atoms with Crippen LogP contribution in [-0.4, -0.2) is 72.5 Å². The molecule has 0 aromatic rings. The Bertz CT molecular complexity index is 454. The molecule has 3 rings (SSSR count). The number of piperidine rings is 1. The topological polar surface area (TPSA) is 26.8 Å². The van der Waals surface area contributed by atoms with Gasteiger partial charge in [0.1, 0.15) is 0 Å². The summed E-state index contributed by atoms with van der Waals surface area (Å²) in [7, 11) is 0. The lowest BCUT2D eigenvalue weighted by atomic mass is 9.77. The Morgan fingerprint density at radius 3 is 1.93 bits per heavy atom. The van der Waals surface area contributed by atoms with Crippen LogP contribution in [0.15, 0.2) is 0 Å². The summed E-state index contributed by atoms with van der Waals surface area (Å²) in [6.07, 6.45) is 7.78. The van der Waals surface area contributed by atoms with Crippen molar-refractivity contribution in [1.29, 1.82) is 0 Å². The molecule has 2 aliphatic heterocycles. The summed E-state index contributed by atoms with van der Waals surface area (Å²) in [6, 6.07) is 0.611. The SMILES string of the molecule is CC(C)C1CCC(CN2CCN(C(=O)C3CCN(C(C)C)CC3)CC2)CC1. The maximum Gasteiger partial charge on any atom is 0.225 e. The average molecular weight is 378 g/mol. The van der Waals surface area contributed by atoms with Gasteiger partial charge in [-0.2, -0.15) is 0 Å². The Morgan fingerprint density at radius 2 is 1.41 bits per heavy atom. The minimum Gasteiger partial charge on any atom is -0.340 e. The van der Waals surface area contributed by atoms with Crippen LogP contribution in [0.5, 0.6) is 0 Å². The van der Waals surface area contributed by atoms with Gasteiger partial charge in [-0.15, -0.1) is 0 Å². The Hall–Kier alpha value is -0.610. The smallest absolute Gasteiger partial charge is 0.225 e. The highest BCUT2D eigenvalue weighted by molar-refractivity contribution is 5.79. The zero-order valence-corrected chi connectivity index (χ0v) is 18.3. The first-order chi connectivity index (χ1) is 12.9. The molecule has 0 atom stereocenters. The van der Waals surface area contributed by atoms with Gasteiger partial charge < -0.3 is 9.80 Å². The van der Waals surface area contributed by atoms with Gasteiger partial charge in [0, 0.05) is 44.7 Å². The molecular weight excluding hydrogens is 334 g/mol. The van der Waals surface area contributed by atoms with Crippen molar-refractivity contribution in [2.75, 3.05) is 45.8 Å². The first-order valence-electron chi connectivity index (χ1n) is 11.7. The van der Waals surface area contributed by atoms with Crippen LogP contribution < -0.4 is 0 Å². The summed E-state index contributed by atoms with van der Waals surface area (Å²) < 4.78 is 0. The van der Waals surface area contributed by atoms with E-state index < -0.39 is 0 Å². The molecule has 0 spiro atoms. The Balaban J connectivity index is 1.36. The van der Waals surface area contributed by atoms with Crippen molar-refractivity contribution in [3.63, 3.8) is 0 Å². The molecule has 0 N–H and O–H groups in total. The molecule has 1 aliphatic carbocycles. The van der Waals surface area contributed by atoms with Crippen LogP contribution in [0, 0.1) is 23.7 Å². The third kappa shape index (κ3) is 5.69. The molecule has 4 heteroatoms. The zero-order chi connectivity index (χ0) is 19.4. The van der Waals surface area contributed by atoms with Crippen LogP contribution in [0.4, 0.5) is 0 Å². The van der Waals surface area contributed by atoms with Gasteiger partial charge in [0.2, 0.25) is 5.91 Å². The highest BCUT2D eigenvalue weighted by Gasteiger charge is 2.32. The first kappa shape index (κ1) is 21.1. The summed E-state index contributed by atoms with van der Waals surface area (Å²) in [6.45, 7) is 16.8. The van der Waals surface area contributed by atoms with E-state index in [2.05, 4.69) is 42.4 Å². The third-order valence-corrected chi connectivity index (χ3v) is 7.64. The highest BCUT2D eigenvalue weighted by atomic mass is 16.2. The summed E-state index contributed by atoms with van der Waals surface area (Å²) in [5.41, 5.74) is 0. The minimum atomic E-state index is 0.276. The molecule has 1 saturated carbocycles. The Labute approximate surface area is 167 Å². The maximum atomic E-state index is 12.9. The lowest BCUT2D eigenvalue weighted by molar-refractivity contribution is -0.139. The largest absolute Gasteiger partial charge is 0.340 e. The van der Waals surface area contributed by atoms with Gasteiger partial charge in [-0.1, -0.05) is 13.8 Å². The van der Waals surface area contributed by atoms with Gasteiger partial charge >= 0.3 is 0 Å². The predicted octanol–water partition coefficient (Wildman–Crippen LogP) is 3.71. The van der Waals surface area contributed by atoms with Crippen molar-refractivity contribution >= 4 is 5.91 Å². The normalized spacial score (nSPS) is 29.6. The van der Waals surface area contributed by atoms with Gasteiger partial charge in [0.05, 0.1) is 0 Å². The fourth-order valence-corrected chi connectivity index (χ4v) is 5.47. The molecule has 0 radical (unpaired) electrons. The molecule has 3 fully saturated rings. The molecule has 0 aromatic heterocycles. The molecule has 2 saturated heterocycles. The molecular formula is C23H43N3O. The lowest BCUT2D eigenvalue weighted by Gasteiger charge is -2.41. The van der Waals surface area contributed by atoms with Crippen LogP contribution in [0.2, 0.25) is 0 Å². The van der Waals surface area contributed by atoms with Gasteiger partial charge in [-0.3, -0.25) is 9.69 Å². The van der Waals surface area contributed by atoms with Gasteiger partial charge in [0.15, 0.2) is 0 Å². The second kappa shape index (κ2) is 9.73. The van der Waals surface area contributed by atoms with E-state index in [4.69, 9.17) is 0 Å². The van der Waals surface area contributed by atoms with E-state index in [9.17, 15) is 4.79 Å². The van der Waals surface area contributed by atoms with Crippen LogP contribution in [-0.2, 0) is 4.79 Å². The van der Waals surface area contributed by atoms with Crippen molar-refractivity contribution in [2.45, 2.75) is 72.3 Å². The lowest BCUT2D eigenvalue weighted by Crippen LogP contribution is -2.52.